The Hall–Kier alpha value is -3.07. The maximum absolute atomic E-state index is 10.2. The van der Waals surface area contributed by atoms with Crippen molar-refractivity contribution in [3.63, 3.8) is 0 Å². The van der Waals surface area contributed by atoms with Gasteiger partial charge in [-0.3, -0.25) is 0 Å². The van der Waals surface area contributed by atoms with Gasteiger partial charge in [0.15, 0.2) is 0 Å². The number of hydrogen-bond acceptors (Lipinski definition) is 6. The van der Waals surface area contributed by atoms with Crippen molar-refractivity contribution in [3.8, 4) is 0 Å². The predicted molar refractivity (Wildman–Crippen MR) is 64.2 cm³/mol. The van der Waals surface area contributed by atoms with Crippen molar-refractivity contribution in [2.45, 2.75) is 6.61 Å². The van der Waals surface area contributed by atoms with Crippen molar-refractivity contribution in [2.24, 2.45) is 0 Å². The van der Waals surface area contributed by atoms with Gasteiger partial charge in [0, 0.05) is 5.56 Å². The summed E-state index contributed by atoms with van der Waals surface area (Å²) in [4.78, 5) is 30.5. The van der Waals surface area contributed by atoms with Crippen LogP contribution >= 0.6 is 0 Å². The molecule has 4 N–H and O–H groups in total. The van der Waals surface area contributed by atoms with E-state index in [-0.39, 0.29) is 23.9 Å². The first-order valence-electron chi connectivity index (χ1n) is 5.33. The molecule has 21 heavy (non-hydrogen) atoms. The Morgan fingerprint density at radius 3 is 1.71 bits per heavy atom. The lowest BCUT2D eigenvalue weighted by molar-refractivity contribution is 0.0626. The van der Waals surface area contributed by atoms with Crippen LogP contribution in [0, 0.1) is 0 Å². The molecule has 0 aromatic carbocycles. The third-order valence-corrected chi connectivity index (χ3v) is 2.14. The SMILES string of the molecule is O=C(O)c1ccc(C(=O)O)o1.O=C(O)c1occc1CO. The van der Waals surface area contributed by atoms with Crippen molar-refractivity contribution in [3.05, 3.63) is 47.3 Å². The van der Waals surface area contributed by atoms with Gasteiger partial charge in [0.1, 0.15) is 0 Å². The van der Waals surface area contributed by atoms with E-state index in [0.29, 0.717) is 5.56 Å². The molecule has 0 aliphatic rings. The van der Waals surface area contributed by atoms with E-state index in [1.807, 2.05) is 0 Å². The van der Waals surface area contributed by atoms with Crippen molar-refractivity contribution in [2.75, 3.05) is 0 Å². The van der Waals surface area contributed by atoms with Gasteiger partial charge in [0.25, 0.3) is 0 Å². The van der Waals surface area contributed by atoms with Crippen LogP contribution in [0.15, 0.2) is 33.3 Å². The average molecular weight is 298 g/mol. The zero-order valence-electron chi connectivity index (χ0n) is 10.3. The molecule has 0 spiro atoms. The Bertz CT molecular complexity index is 621. The third kappa shape index (κ3) is 4.21. The number of carboxylic acid groups (broad SMARTS) is 3. The van der Waals surface area contributed by atoms with Gasteiger partial charge < -0.3 is 29.3 Å². The summed E-state index contributed by atoms with van der Waals surface area (Å²) in [5.74, 6) is -4.66. The number of aliphatic hydroxyl groups is 1. The zero-order chi connectivity index (χ0) is 16.0. The first-order chi connectivity index (χ1) is 9.86. The van der Waals surface area contributed by atoms with E-state index < -0.39 is 17.9 Å². The van der Waals surface area contributed by atoms with E-state index in [0.717, 1.165) is 12.1 Å². The maximum atomic E-state index is 10.2. The van der Waals surface area contributed by atoms with Crippen molar-refractivity contribution in [1.82, 2.24) is 0 Å². The minimum Gasteiger partial charge on any atom is -0.475 e. The van der Waals surface area contributed by atoms with Gasteiger partial charge in [0.2, 0.25) is 17.3 Å². The van der Waals surface area contributed by atoms with E-state index >= 15 is 0 Å². The van der Waals surface area contributed by atoms with Crippen LogP contribution in [0.5, 0.6) is 0 Å². The molecule has 0 aliphatic heterocycles. The molecule has 112 valence electrons. The standard InChI is InChI=1S/C6H4O5.C6H6O4/c7-5(8)3-1-2-4(11-3)6(9)10;7-3-4-1-2-10-5(4)6(8)9/h1-2H,(H,7,8)(H,9,10);1-2,7H,3H2,(H,8,9). The van der Waals surface area contributed by atoms with E-state index in [9.17, 15) is 14.4 Å². The molecular formula is C12H10O9. The Balaban J connectivity index is 0.000000211. The minimum absolute atomic E-state index is 0.192. The second kappa shape index (κ2) is 6.91. The largest absolute Gasteiger partial charge is 0.475 e. The van der Waals surface area contributed by atoms with Crippen LogP contribution in [0.2, 0.25) is 0 Å². The normalized spacial score (nSPS) is 9.57. The van der Waals surface area contributed by atoms with Crippen LogP contribution in [-0.2, 0) is 6.61 Å². The molecule has 0 unspecified atom stereocenters. The summed E-state index contributed by atoms with van der Waals surface area (Å²) in [6.45, 7) is -0.307. The van der Waals surface area contributed by atoms with Gasteiger partial charge in [-0.05, 0) is 18.2 Å². The number of carboxylic acids is 3. The van der Waals surface area contributed by atoms with Crippen LogP contribution in [-0.4, -0.2) is 38.3 Å². The molecule has 2 aromatic rings. The molecule has 0 radical (unpaired) electrons. The fourth-order valence-electron chi connectivity index (χ4n) is 1.22. The topological polar surface area (TPSA) is 158 Å². The summed E-state index contributed by atoms with van der Waals surface area (Å²) in [6, 6.07) is 3.60. The Morgan fingerprint density at radius 1 is 0.905 bits per heavy atom. The highest BCUT2D eigenvalue weighted by molar-refractivity contribution is 5.89. The molecular weight excluding hydrogens is 288 g/mol. The lowest BCUT2D eigenvalue weighted by Gasteiger charge is -1.89. The van der Waals surface area contributed by atoms with Gasteiger partial charge in [-0.25, -0.2) is 14.4 Å². The fourth-order valence-corrected chi connectivity index (χ4v) is 1.22. The second-order valence-electron chi connectivity index (χ2n) is 3.51. The number of hydrogen-bond donors (Lipinski definition) is 4. The quantitative estimate of drug-likeness (QED) is 0.649. The highest BCUT2D eigenvalue weighted by atomic mass is 16.4. The first kappa shape index (κ1) is 16.0. The van der Waals surface area contributed by atoms with E-state index in [1.165, 1.54) is 12.3 Å². The molecule has 2 rings (SSSR count). The molecule has 0 bridgehead atoms. The maximum Gasteiger partial charge on any atom is 0.372 e. The Kier molecular flexibility index (Phi) is 5.26. The van der Waals surface area contributed by atoms with E-state index in [1.54, 1.807) is 0 Å². The predicted octanol–water partition coefficient (Wildman–Crippen LogP) is 1.15. The summed E-state index contributed by atoms with van der Waals surface area (Å²) >= 11 is 0. The minimum atomic E-state index is -1.28. The van der Waals surface area contributed by atoms with Crippen LogP contribution in [0.25, 0.3) is 0 Å². The van der Waals surface area contributed by atoms with Crippen LogP contribution in [0.4, 0.5) is 0 Å². The molecule has 0 saturated heterocycles. The Labute approximate surface area is 116 Å². The summed E-state index contributed by atoms with van der Waals surface area (Å²) in [7, 11) is 0. The molecule has 0 atom stereocenters. The molecule has 0 fully saturated rings. The van der Waals surface area contributed by atoms with Crippen LogP contribution < -0.4 is 0 Å². The van der Waals surface area contributed by atoms with Gasteiger partial charge in [-0.15, -0.1) is 0 Å². The number of rotatable bonds is 4. The second-order valence-corrected chi connectivity index (χ2v) is 3.51. The molecule has 2 aromatic heterocycles. The summed E-state index contributed by atoms with van der Waals surface area (Å²) in [6.07, 6.45) is 1.23. The molecule has 2 heterocycles. The zero-order valence-corrected chi connectivity index (χ0v) is 10.3. The highest BCUT2D eigenvalue weighted by Crippen LogP contribution is 2.09. The van der Waals surface area contributed by atoms with Crippen LogP contribution in [0.1, 0.15) is 37.2 Å². The summed E-state index contributed by atoms with van der Waals surface area (Å²) in [5.41, 5.74) is 0.299. The van der Waals surface area contributed by atoms with Crippen molar-refractivity contribution >= 4 is 17.9 Å². The van der Waals surface area contributed by atoms with Crippen LogP contribution in [0.3, 0.4) is 0 Å². The van der Waals surface area contributed by atoms with Gasteiger partial charge in [0.05, 0.1) is 12.9 Å². The van der Waals surface area contributed by atoms with Crippen molar-refractivity contribution in [1.29, 1.82) is 0 Å². The van der Waals surface area contributed by atoms with E-state index in [4.69, 9.17) is 20.4 Å². The monoisotopic (exact) mass is 298 g/mol. The van der Waals surface area contributed by atoms with Crippen molar-refractivity contribution < 1.29 is 43.6 Å². The molecule has 0 amide bonds. The lowest BCUT2D eigenvalue weighted by Crippen LogP contribution is -1.97. The van der Waals surface area contributed by atoms with Gasteiger partial charge in [-0.2, -0.15) is 0 Å². The molecule has 9 nitrogen and oxygen atoms in total. The summed E-state index contributed by atoms with van der Waals surface area (Å²) in [5, 5.41) is 33.5. The molecule has 0 saturated carbocycles. The van der Waals surface area contributed by atoms with Gasteiger partial charge >= 0.3 is 17.9 Å². The highest BCUT2D eigenvalue weighted by Gasteiger charge is 2.13. The third-order valence-electron chi connectivity index (χ3n) is 2.14. The number of aliphatic hydroxyl groups excluding tert-OH is 1. The van der Waals surface area contributed by atoms with E-state index in [2.05, 4.69) is 8.83 Å². The lowest BCUT2D eigenvalue weighted by atomic mass is 10.3. The Morgan fingerprint density at radius 2 is 1.43 bits per heavy atom. The number of aromatic carboxylic acids is 3. The van der Waals surface area contributed by atoms with Gasteiger partial charge in [-0.1, -0.05) is 0 Å². The number of carbonyl (C=O) groups is 3. The molecule has 0 aliphatic carbocycles. The fraction of sp³-hybridized carbons (Fsp3) is 0.0833. The molecule has 9 heteroatoms. The average Bonchev–Trinajstić information content (AvgIpc) is 3.08. The first-order valence-corrected chi connectivity index (χ1v) is 5.33. The summed E-state index contributed by atoms with van der Waals surface area (Å²) < 4.78 is 8.96. The number of furan rings is 2. The smallest absolute Gasteiger partial charge is 0.372 e.